The summed E-state index contributed by atoms with van der Waals surface area (Å²) in [5.41, 5.74) is 1.50. The highest BCUT2D eigenvalue weighted by atomic mass is 32.1. The standard InChI is InChI=1S/C22H32N4OS/c1-17(16-22(2,3)4)14-20(27)25-10-12-26(13-11-25)21-23-19(24-28-21)15-18-8-6-5-7-9-18/h5-9,17H,10-16H2,1-4H3/t17-/m1/s1. The maximum atomic E-state index is 12.6. The van der Waals surface area contributed by atoms with Crippen LogP contribution in [0, 0.1) is 11.3 Å². The van der Waals surface area contributed by atoms with Gasteiger partial charge in [-0.2, -0.15) is 4.37 Å². The van der Waals surface area contributed by atoms with Crippen LogP contribution in [-0.4, -0.2) is 46.3 Å². The molecular formula is C22H32N4OS. The molecule has 1 aliphatic heterocycles. The van der Waals surface area contributed by atoms with Gasteiger partial charge in [0, 0.05) is 50.6 Å². The van der Waals surface area contributed by atoms with Gasteiger partial charge in [0.2, 0.25) is 11.0 Å². The Bertz CT molecular complexity index is 760. The van der Waals surface area contributed by atoms with Crippen LogP contribution < -0.4 is 4.90 Å². The third kappa shape index (κ3) is 6.03. The molecule has 1 aromatic heterocycles. The third-order valence-corrected chi connectivity index (χ3v) is 5.86. The molecule has 0 aliphatic carbocycles. The van der Waals surface area contributed by atoms with Crippen molar-refractivity contribution in [2.75, 3.05) is 31.1 Å². The number of hydrogen-bond acceptors (Lipinski definition) is 5. The lowest BCUT2D eigenvalue weighted by molar-refractivity contribution is -0.132. The highest BCUT2D eigenvalue weighted by molar-refractivity contribution is 7.09. The Morgan fingerprint density at radius 2 is 1.82 bits per heavy atom. The van der Waals surface area contributed by atoms with Gasteiger partial charge in [0.05, 0.1) is 0 Å². The van der Waals surface area contributed by atoms with E-state index in [1.165, 1.54) is 17.1 Å². The summed E-state index contributed by atoms with van der Waals surface area (Å²) in [5, 5.41) is 0.971. The minimum absolute atomic E-state index is 0.272. The molecule has 1 amide bonds. The van der Waals surface area contributed by atoms with Crippen LogP contribution in [0.4, 0.5) is 5.13 Å². The maximum absolute atomic E-state index is 12.6. The van der Waals surface area contributed by atoms with E-state index in [9.17, 15) is 4.79 Å². The van der Waals surface area contributed by atoms with Crippen molar-refractivity contribution < 1.29 is 4.79 Å². The predicted molar refractivity (Wildman–Crippen MR) is 116 cm³/mol. The zero-order valence-electron chi connectivity index (χ0n) is 17.5. The van der Waals surface area contributed by atoms with Gasteiger partial charge in [-0.05, 0) is 23.3 Å². The van der Waals surface area contributed by atoms with Gasteiger partial charge in [-0.3, -0.25) is 4.79 Å². The molecule has 1 saturated heterocycles. The molecule has 1 aliphatic rings. The Morgan fingerprint density at radius 1 is 1.14 bits per heavy atom. The second-order valence-corrected chi connectivity index (χ2v) is 9.83. The van der Waals surface area contributed by atoms with Crippen molar-refractivity contribution in [3.05, 3.63) is 41.7 Å². The van der Waals surface area contributed by atoms with Gasteiger partial charge in [-0.15, -0.1) is 0 Å². The summed E-state index contributed by atoms with van der Waals surface area (Å²) >= 11 is 1.46. The minimum Gasteiger partial charge on any atom is -0.343 e. The summed E-state index contributed by atoms with van der Waals surface area (Å²) in [6, 6.07) is 10.3. The van der Waals surface area contributed by atoms with Crippen molar-refractivity contribution >= 4 is 22.6 Å². The van der Waals surface area contributed by atoms with E-state index in [4.69, 9.17) is 4.98 Å². The highest BCUT2D eigenvalue weighted by Crippen LogP contribution is 2.27. The average Bonchev–Trinajstić information content (AvgIpc) is 3.09. The van der Waals surface area contributed by atoms with Crippen LogP contribution in [0.15, 0.2) is 30.3 Å². The topological polar surface area (TPSA) is 49.3 Å². The molecular weight excluding hydrogens is 368 g/mol. The Hall–Kier alpha value is -1.95. The summed E-state index contributed by atoms with van der Waals surface area (Å²) in [6.07, 6.45) is 2.49. The molecule has 5 nitrogen and oxygen atoms in total. The van der Waals surface area contributed by atoms with Crippen LogP contribution in [0.25, 0.3) is 0 Å². The molecule has 6 heteroatoms. The van der Waals surface area contributed by atoms with Gasteiger partial charge in [-0.1, -0.05) is 58.0 Å². The number of anilines is 1. The Balaban J connectivity index is 1.48. The SMILES string of the molecule is C[C@H](CC(=O)N1CCN(c2nc(Cc3ccccc3)ns2)CC1)CC(C)(C)C. The first kappa shape index (κ1) is 20.8. The molecule has 2 aromatic rings. The van der Waals surface area contributed by atoms with Crippen molar-refractivity contribution in [1.29, 1.82) is 0 Å². The monoisotopic (exact) mass is 400 g/mol. The quantitative estimate of drug-likeness (QED) is 0.728. The molecule has 28 heavy (non-hydrogen) atoms. The van der Waals surface area contributed by atoms with Crippen LogP contribution in [0.5, 0.6) is 0 Å². The Morgan fingerprint density at radius 3 is 2.46 bits per heavy atom. The van der Waals surface area contributed by atoms with Crippen molar-refractivity contribution in [1.82, 2.24) is 14.3 Å². The van der Waals surface area contributed by atoms with Gasteiger partial charge >= 0.3 is 0 Å². The molecule has 1 fully saturated rings. The highest BCUT2D eigenvalue weighted by Gasteiger charge is 2.25. The molecule has 0 saturated carbocycles. The first-order valence-corrected chi connectivity index (χ1v) is 11.0. The predicted octanol–water partition coefficient (Wildman–Crippen LogP) is 4.24. The van der Waals surface area contributed by atoms with Crippen molar-refractivity contribution in [3.63, 3.8) is 0 Å². The van der Waals surface area contributed by atoms with Crippen LogP contribution in [0.3, 0.4) is 0 Å². The summed E-state index contributed by atoms with van der Waals surface area (Å²) in [7, 11) is 0. The van der Waals surface area contributed by atoms with E-state index in [1.807, 2.05) is 23.1 Å². The molecule has 2 heterocycles. The summed E-state index contributed by atoms with van der Waals surface area (Å²) < 4.78 is 4.52. The van der Waals surface area contributed by atoms with Gasteiger partial charge in [0.1, 0.15) is 5.82 Å². The van der Waals surface area contributed by atoms with E-state index in [0.29, 0.717) is 18.2 Å². The molecule has 0 spiro atoms. The zero-order valence-corrected chi connectivity index (χ0v) is 18.3. The summed E-state index contributed by atoms with van der Waals surface area (Å²) in [6.45, 7) is 12.1. The van der Waals surface area contributed by atoms with Gasteiger partial charge in [0.15, 0.2) is 0 Å². The number of piperazine rings is 1. The molecule has 0 bridgehead atoms. The number of carbonyl (C=O) groups excluding carboxylic acids is 1. The number of rotatable bonds is 6. The van der Waals surface area contributed by atoms with Crippen molar-refractivity contribution in [2.45, 2.75) is 47.0 Å². The minimum atomic E-state index is 0.272. The van der Waals surface area contributed by atoms with Crippen LogP contribution in [0.1, 0.15) is 51.9 Å². The molecule has 0 radical (unpaired) electrons. The smallest absolute Gasteiger partial charge is 0.222 e. The third-order valence-electron chi connectivity index (χ3n) is 5.05. The summed E-state index contributed by atoms with van der Waals surface area (Å²) in [4.78, 5) is 21.6. The van der Waals surface area contributed by atoms with E-state index in [-0.39, 0.29) is 5.41 Å². The van der Waals surface area contributed by atoms with Gasteiger partial charge in [0.25, 0.3) is 0 Å². The fourth-order valence-corrected chi connectivity index (χ4v) is 4.65. The van der Waals surface area contributed by atoms with Gasteiger partial charge < -0.3 is 9.80 Å². The molecule has 1 aromatic carbocycles. The largest absolute Gasteiger partial charge is 0.343 e. The molecule has 0 N–H and O–H groups in total. The average molecular weight is 401 g/mol. The number of aromatic nitrogens is 2. The molecule has 1 atom stereocenters. The lowest BCUT2D eigenvalue weighted by Crippen LogP contribution is -2.49. The Labute approximate surface area is 172 Å². The fraction of sp³-hybridized carbons (Fsp3) is 0.591. The second-order valence-electron chi connectivity index (χ2n) is 9.10. The van der Waals surface area contributed by atoms with E-state index in [2.05, 4.69) is 49.1 Å². The maximum Gasteiger partial charge on any atom is 0.222 e. The number of hydrogen-bond donors (Lipinski definition) is 0. The molecule has 3 rings (SSSR count). The van der Waals surface area contributed by atoms with E-state index < -0.39 is 0 Å². The first-order chi connectivity index (χ1) is 13.3. The normalized spacial score (nSPS) is 16.3. The lowest BCUT2D eigenvalue weighted by atomic mass is 9.84. The van der Waals surface area contributed by atoms with Crippen LogP contribution in [-0.2, 0) is 11.2 Å². The number of nitrogens with zero attached hydrogens (tertiary/aromatic N) is 4. The van der Waals surface area contributed by atoms with Crippen LogP contribution in [0.2, 0.25) is 0 Å². The second kappa shape index (κ2) is 9.03. The Kier molecular flexibility index (Phi) is 6.70. The van der Waals surface area contributed by atoms with Crippen LogP contribution >= 0.6 is 11.5 Å². The molecule has 0 unspecified atom stereocenters. The number of carbonyl (C=O) groups is 1. The summed E-state index contributed by atoms with van der Waals surface area (Å²) in [5.74, 6) is 1.59. The van der Waals surface area contributed by atoms with E-state index >= 15 is 0 Å². The van der Waals surface area contributed by atoms with E-state index in [0.717, 1.165) is 50.0 Å². The zero-order chi connectivity index (χ0) is 20.1. The number of benzene rings is 1. The first-order valence-electron chi connectivity index (χ1n) is 10.2. The molecule has 152 valence electrons. The van der Waals surface area contributed by atoms with Gasteiger partial charge in [-0.25, -0.2) is 4.98 Å². The van der Waals surface area contributed by atoms with Crippen molar-refractivity contribution in [2.24, 2.45) is 11.3 Å². The lowest BCUT2D eigenvalue weighted by Gasteiger charge is -2.35. The fourth-order valence-electron chi connectivity index (χ4n) is 3.92. The van der Waals surface area contributed by atoms with Crippen molar-refractivity contribution in [3.8, 4) is 0 Å². The number of amides is 1. The van der Waals surface area contributed by atoms with E-state index in [1.54, 1.807) is 0 Å².